The van der Waals surface area contributed by atoms with Gasteiger partial charge in [0.25, 0.3) is 0 Å². The lowest BCUT2D eigenvalue weighted by Crippen LogP contribution is -2.04. The summed E-state index contributed by atoms with van der Waals surface area (Å²) in [5.74, 6) is 3.19. The Kier molecular flexibility index (Phi) is 8.62. The number of hydrogen-bond donors (Lipinski definition) is 0. The topological polar surface area (TPSA) is 63.2 Å². The minimum atomic E-state index is 0.423. The second-order valence-electron chi connectivity index (χ2n) is 5.33. The zero-order valence-corrected chi connectivity index (χ0v) is 14.4. The van der Waals surface area contributed by atoms with E-state index in [0.29, 0.717) is 39.6 Å². The zero-order valence-electron chi connectivity index (χ0n) is 14.4. The number of methoxy groups -OCH3 is 1. The molecule has 0 saturated carbocycles. The van der Waals surface area contributed by atoms with Crippen molar-refractivity contribution in [3.8, 4) is 0 Å². The Bertz CT molecular complexity index is 559. The van der Waals surface area contributed by atoms with Crippen molar-refractivity contribution in [3.63, 3.8) is 0 Å². The number of hydrogen-bond acceptors (Lipinski definition) is 6. The molecule has 0 N–H and O–H groups in total. The Morgan fingerprint density at radius 2 is 1.08 bits per heavy atom. The summed E-state index contributed by atoms with van der Waals surface area (Å²) >= 11 is 0. The van der Waals surface area contributed by atoms with Crippen LogP contribution in [0.15, 0.2) is 33.1 Å². The monoisotopic (exact) mass is 338 g/mol. The third-order valence-corrected chi connectivity index (χ3v) is 3.17. The molecule has 0 aliphatic rings. The van der Waals surface area contributed by atoms with Crippen LogP contribution in [0.25, 0.3) is 0 Å². The maximum Gasteiger partial charge on any atom is 0.129 e. The van der Waals surface area contributed by atoms with Gasteiger partial charge in [0.2, 0.25) is 0 Å². The van der Waals surface area contributed by atoms with Gasteiger partial charge in [-0.2, -0.15) is 0 Å². The van der Waals surface area contributed by atoms with E-state index in [1.165, 1.54) is 0 Å². The van der Waals surface area contributed by atoms with Gasteiger partial charge in [0.15, 0.2) is 0 Å². The van der Waals surface area contributed by atoms with Crippen LogP contribution in [0.3, 0.4) is 0 Å². The molecular formula is C18H26O6. The Labute approximate surface area is 142 Å². The second kappa shape index (κ2) is 11.0. The Hall–Kier alpha value is -1.60. The van der Waals surface area contributed by atoms with Gasteiger partial charge in [-0.25, -0.2) is 0 Å². The molecule has 0 atom stereocenters. The first-order valence-corrected chi connectivity index (χ1v) is 8.19. The Morgan fingerprint density at radius 1 is 0.667 bits per heavy atom. The minimum absolute atomic E-state index is 0.423. The molecule has 2 heterocycles. The molecule has 24 heavy (non-hydrogen) atoms. The number of furan rings is 2. The van der Waals surface area contributed by atoms with Gasteiger partial charge in [-0.05, 0) is 30.7 Å². The molecular weight excluding hydrogens is 312 g/mol. The van der Waals surface area contributed by atoms with Crippen LogP contribution in [0.4, 0.5) is 0 Å². The van der Waals surface area contributed by atoms with Crippen LogP contribution in [0.2, 0.25) is 0 Å². The summed E-state index contributed by atoms with van der Waals surface area (Å²) in [4.78, 5) is 0. The summed E-state index contributed by atoms with van der Waals surface area (Å²) in [7, 11) is 1.64. The smallest absolute Gasteiger partial charge is 0.129 e. The molecule has 0 unspecified atom stereocenters. The molecule has 2 aromatic rings. The fourth-order valence-electron chi connectivity index (χ4n) is 2.08. The average molecular weight is 338 g/mol. The van der Waals surface area contributed by atoms with E-state index in [2.05, 4.69) is 6.92 Å². The average Bonchev–Trinajstić information content (AvgIpc) is 3.21. The highest BCUT2D eigenvalue weighted by molar-refractivity contribution is 5.06. The van der Waals surface area contributed by atoms with Gasteiger partial charge in [-0.3, -0.25) is 0 Å². The summed E-state index contributed by atoms with van der Waals surface area (Å²) in [6.45, 7) is 5.63. The van der Waals surface area contributed by atoms with Gasteiger partial charge in [-0.1, -0.05) is 6.92 Å². The van der Waals surface area contributed by atoms with E-state index in [4.69, 9.17) is 27.8 Å². The quantitative estimate of drug-likeness (QED) is 0.519. The SMILES string of the molecule is CCCOCc1ccc(COCCOCc2ccc(COC)o2)o1. The standard InChI is InChI=1S/C18H26O6/c1-3-8-20-12-16-6-7-18(24-16)14-22-10-9-21-13-17-5-4-15(23-17)11-19-2/h4-7H,3,8-14H2,1-2H3. The molecule has 0 radical (unpaired) electrons. The summed E-state index contributed by atoms with van der Waals surface area (Å²) in [6.07, 6.45) is 1.00. The molecule has 0 bridgehead atoms. The zero-order chi connectivity index (χ0) is 17.0. The molecule has 6 nitrogen and oxygen atoms in total. The van der Waals surface area contributed by atoms with Crippen molar-refractivity contribution in [2.45, 2.75) is 39.8 Å². The Morgan fingerprint density at radius 3 is 1.50 bits per heavy atom. The minimum Gasteiger partial charge on any atom is -0.461 e. The van der Waals surface area contributed by atoms with E-state index in [1.807, 2.05) is 24.3 Å². The van der Waals surface area contributed by atoms with Gasteiger partial charge in [0.1, 0.15) is 49.5 Å². The van der Waals surface area contributed by atoms with Crippen molar-refractivity contribution in [1.82, 2.24) is 0 Å². The first kappa shape index (κ1) is 18.7. The summed E-state index contributed by atoms with van der Waals surface area (Å²) in [5.41, 5.74) is 0. The van der Waals surface area contributed by atoms with Crippen LogP contribution in [0, 0.1) is 0 Å². The van der Waals surface area contributed by atoms with Crippen LogP contribution < -0.4 is 0 Å². The van der Waals surface area contributed by atoms with Crippen LogP contribution in [0.1, 0.15) is 36.4 Å². The summed E-state index contributed by atoms with van der Waals surface area (Å²) in [6, 6.07) is 7.60. The maximum absolute atomic E-state index is 5.61. The van der Waals surface area contributed by atoms with E-state index < -0.39 is 0 Å². The second-order valence-corrected chi connectivity index (χ2v) is 5.33. The first-order chi connectivity index (χ1) is 11.8. The molecule has 0 fully saturated rings. The molecule has 2 rings (SSSR count). The predicted octanol–water partition coefficient (Wildman–Crippen LogP) is 3.68. The van der Waals surface area contributed by atoms with E-state index in [9.17, 15) is 0 Å². The van der Waals surface area contributed by atoms with Crippen molar-refractivity contribution in [3.05, 3.63) is 47.3 Å². The Balaban J connectivity index is 1.53. The van der Waals surface area contributed by atoms with E-state index in [0.717, 1.165) is 36.1 Å². The lowest BCUT2D eigenvalue weighted by Gasteiger charge is -2.04. The van der Waals surface area contributed by atoms with Crippen molar-refractivity contribution in [2.75, 3.05) is 26.9 Å². The molecule has 134 valence electrons. The maximum atomic E-state index is 5.61. The molecule has 0 saturated heterocycles. The lowest BCUT2D eigenvalue weighted by atomic mass is 10.4. The van der Waals surface area contributed by atoms with Crippen molar-refractivity contribution in [1.29, 1.82) is 0 Å². The van der Waals surface area contributed by atoms with Crippen molar-refractivity contribution in [2.24, 2.45) is 0 Å². The summed E-state index contributed by atoms with van der Waals surface area (Å²) in [5, 5.41) is 0. The predicted molar refractivity (Wildman–Crippen MR) is 87.4 cm³/mol. The van der Waals surface area contributed by atoms with Crippen LogP contribution in [-0.2, 0) is 45.4 Å². The molecule has 0 aliphatic heterocycles. The molecule has 2 aromatic heterocycles. The normalized spacial score (nSPS) is 11.2. The number of rotatable bonds is 13. The van der Waals surface area contributed by atoms with E-state index in [-0.39, 0.29) is 0 Å². The largest absolute Gasteiger partial charge is 0.461 e. The van der Waals surface area contributed by atoms with Gasteiger partial charge in [0.05, 0.1) is 13.2 Å². The van der Waals surface area contributed by atoms with Gasteiger partial charge < -0.3 is 27.8 Å². The lowest BCUT2D eigenvalue weighted by molar-refractivity contribution is 0.0218. The van der Waals surface area contributed by atoms with Gasteiger partial charge in [-0.15, -0.1) is 0 Å². The highest BCUT2D eigenvalue weighted by atomic mass is 16.5. The van der Waals surface area contributed by atoms with Gasteiger partial charge >= 0.3 is 0 Å². The molecule has 0 aliphatic carbocycles. The number of ether oxygens (including phenoxy) is 4. The highest BCUT2D eigenvalue weighted by Crippen LogP contribution is 2.11. The third-order valence-electron chi connectivity index (χ3n) is 3.17. The fourth-order valence-corrected chi connectivity index (χ4v) is 2.08. The van der Waals surface area contributed by atoms with E-state index in [1.54, 1.807) is 7.11 Å². The van der Waals surface area contributed by atoms with Crippen LogP contribution in [0.5, 0.6) is 0 Å². The molecule has 0 spiro atoms. The van der Waals surface area contributed by atoms with Crippen LogP contribution in [-0.4, -0.2) is 26.9 Å². The molecule has 6 heteroatoms. The highest BCUT2D eigenvalue weighted by Gasteiger charge is 2.04. The summed E-state index contributed by atoms with van der Waals surface area (Å²) < 4.78 is 32.6. The van der Waals surface area contributed by atoms with Crippen molar-refractivity contribution < 1.29 is 27.8 Å². The van der Waals surface area contributed by atoms with E-state index >= 15 is 0 Å². The third kappa shape index (κ3) is 6.88. The first-order valence-electron chi connectivity index (χ1n) is 8.19. The fraction of sp³-hybridized carbons (Fsp3) is 0.556. The van der Waals surface area contributed by atoms with Gasteiger partial charge in [0, 0.05) is 13.7 Å². The molecule has 0 aromatic carbocycles. The van der Waals surface area contributed by atoms with Crippen LogP contribution >= 0.6 is 0 Å². The molecule has 0 amide bonds. The van der Waals surface area contributed by atoms with Crippen molar-refractivity contribution >= 4 is 0 Å².